The number of rotatable bonds is 22. The summed E-state index contributed by atoms with van der Waals surface area (Å²) in [5.41, 5.74) is 5.81. The zero-order chi connectivity index (χ0) is 26.6. The first kappa shape index (κ1) is 31.6. The van der Waals surface area contributed by atoms with Gasteiger partial charge in [-0.3, -0.25) is 4.79 Å². The first-order valence-electron chi connectivity index (χ1n) is 15.3. The Morgan fingerprint density at radius 3 is 1.32 bits per heavy atom. The smallest absolute Gasteiger partial charge is 0.218 e. The van der Waals surface area contributed by atoms with Gasteiger partial charge in [0, 0.05) is 11.6 Å². The van der Waals surface area contributed by atoms with E-state index in [1.54, 1.807) is 0 Å². The maximum Gasteiger partial charge on any atom is 0.218 e. The van der Waals surface area contributed by atoms with Gasteiger partial charge in [0.05, 0.1) is 0 Å². The SMILES string of the molecule is CCCCCCCCCCCCCCCCCCC(C)(CC(N)=O)P(c1ccccc1)c1ccccc1. The van der Waals surface area contributed by atoms with Crippen LogP contribution in [0.15, 0.2) is 60.7 Å². The Bertz CT molecular complexity index is 785. The Balaban J connectivity index is 1.70. The summed E-state index contributed by atoms with van der Waals surface area (Å²) >= 11 is 0. The first-order valence-corrected chi connectivity index (χ1v) is 16.6. The summed E-state index contributed by atoms with van der Waals surface area (Å²) in [5, 5.41) is 2.55. The normalized spacial score (nSPS) is 13.1. The van der Waals surface area contributed by atoms with Crippen LogP contribution in [0.2, 0.25) is 0 Å². The standard InChI is InChI=1S/C34H54NOP/c1-3-4-5-6-7-8-9-10-11-12-13-14-15-16-17-24-29-34(2,30-33(35)36)37(31-25-20-18-21-26-31)32-27-22-19-23-28-32/h18-23,25-28H,3-17,24,29-30H2,1-2H3,(H2,35,36). The second-order valence-electron chi connectivity index (χ2n) is 11.2. The lowest BCUT2D eigenvalue weighted by Crippen LogP contribution is -2.36. The highest BCUT2D eigenvalue weighted by atomic mass is 31.1. The molecule has 2 rings (SSSR count). The molecule has 1 atom stereocenters. The number of carbonyl (C=O) groups is 1. The molecule has 0 bridgehead atoms. The number of hydrogen-bond acceptors (Lipinski definition) is 1. The first-order chi connectivity index (χ1) is 18.1. The van der Waals surface area contributed by atoms with Crippen LogP contribution >= 0.6 is 7.92 Å². The van der Waals surface area contributed by atoms with Gasteiger partial charge in [-0.1, -0.05) is 177 Å². The highest BCUT2D eigenvalue weighted by molar-refractivity contribution is 7.74. The van der Waals surface area contributed by atoms with Crippen molar-refractivity contribution in [2.45, 2.75) is 135 Å². The molecule has 0 fully saturated rings. The Labute approximate surface area is 230 Å². The van der Waals surface area contributed by atoms with E-state index in [4.69, 9.17) is 5.73 Å². The predicted octanol–water partition coefficient (Wildman–Crippen LogP) is 9.41. The average Bonchev–Trinajstić information content (AvgIpc) is 2.89. The van der Waals surface area contributed by atoms with Crippen molar-refractivity contribution in [2.75, 3.05) is 0 Å². The zero-order valence-electron chi connectivity index (χ0n) is 23.9. The van der Waals surface area contributed by atoms with E-state index in [1.165, 1.54) is 113 Å². The van der Waals surface area contributed by atoms with Gasteiger partial charge in [0.1, 0.15) is 0 Å². The fraction of sp³-hybridized carbons (Fsp3) is 0.618. The van der Waals surface area contributed by atoms with Gasteiger partial charge in [-0.05, 0) is 25.0 Å². The molecule has 0 saturated heterocycles. The molecule has 0 aliphatic heterocycles. The molecule has 2 aromatic carbocycles. The van der Waals surface area contributed by atoms with Crippen molar-refractivity contribution in [2.24, 2.45) is 5.73 Å². The molecule has 0 aliphatic carbocycles. The lowest BCUT2D eigenvalue weighted by atomic mass is 9.97. The molecule has 0 aliphatic rings. The molecule has 3 heteroatoms. The van der Waals surface area contributed by atoms with Crippen LogP contribution in [-0.4, -0.2) is 11.1 Å². The van der Waals surface area contributed by atoms with Crippen LogP contribution in [0.5, 0.6) is 0 Å². The number of carbonyl (C=O) groups excluding carboxylic acids is 1. The van der Waals surface area contributed by atoms with Crippen molar-refractivity contribution in [3.05, 3.63) is 60.7 Å². The Morgan fingerprint density at radius 2 is 0.973 bits per heavy atom. The maximum absolute atomic E-state index is 12.2. The van der Waals surface area contributed by atoms with Crippen LogP contribution in [0.3, 0.4) is 0 Å². The van der Waals surface area contributed by atoms with Gasteiger partial charge in [0.25, 0.3) is 0 Å². The van der Waals surface area contributed by atoms with Gasteiger partial charge in [0.15, 0.2) is 0 Å². The van der Waals surface area contributed by atoms with E-state index in [2.05, 4.69) is 74.5 Å². The van der Waals surface area contributed by atoms with Crippen LogP contribution in [-0.2, 0) is 4.79 Å². The number of nitrogens with two attached hydrogens (primary N) is 1. The molecule has 2 N–H and O–H groups in total. The summed E-state index contributed by atoms with van der Waals surface area (Å²) < 4.78 is 0. The second-order valence-corrected chi connectivity index (χ2v) is 14.0. The molecule has 0 heterocycles. The van der Waals surface area contributed by atoms with E-state index in [-0.39, 0.29) is 11.1 Å². The minimum absolute atomic E-state index is 0.125. The summed E-state index contributed by atoms with van der Waals surface area (Å²) in [5.74, 6) is -0.182. The van der Waals surface area contributed by atoms with Gasteiger partial charge >= 0.3 is 0 Å². The molecule has 2 aromatic rings. The highest BCUT2D eigenvalue weighted by Crippen LogP contribution is 2.52. The van der Waals surface area contributed by atoms with E-state index < -0.39 is 7.92 Å². The molecular formula is C34H54NOP. The fourth-order valence-corrected chi connectivity index (χ4v) is 8.82. The number of unbranched alkanes of at least 4 members (excludes halogenated alkanes) is 15. The van der Waals surface area contributed by atoms with Crippen LogP contribution < -0.4 is 16.3 Å². The third-order valence-electron chi connectivity index (χ3n) is 7.69. The largest absolute Gasteiger partial charge is 0.370 e. The fourth-order valence-electron chi connectivity index (χ4n) is 5.64. The van der Waals surface area contributed by atoms with Crippen molar-refractivity contribution in [1.82, 2.24) is 0 Å². The van der Waals surface area contributed by atoms with E-state index in [1.807, 2.05) is 0 Å². The molecule has 1 amide bonds. The van der Waals surface area contributed by atoms with Gasteiger partial charge in [-0.2, -0.15) is 0 Å². The molecule has 206 valence electrons. The summed E-state index contributed by atoms with van der Waals surface area (Å²) in [7, 11) is -0.673. The van der Waals surface area contributed by atoms with Crippen LogP contribution in [0, 0.1) is 0 Å². The third-order valence-corrected chi connectivity index (χ3v) is 10.8. The summed E-state index contributed by atoms with van der Waals surface area (Å²) in [4.78, 5) is 12.2. The highest BCUT2D eigenvalue weighted by Gasteiger charge is 2.37. The van der Waals surface area contributed by atoms with Crippen molar-refractivity contribution in [1.29, 1.82) is 0 Å². The van der Waals surface area contributed by atoms with Gasteiger partial charge in [0.2, 0.25) is 5.91 Å². The Kier molecular flexibility index (Phi) is 16.6. The molecule has 0 saturated carbocycles. The van der Waals surface area contributed by atoms with Gasteiger partial charge < -0.3 is 5.73 Å². The molecule has 1 unspecified atom stereocenters. The number of amides is 1. The minimum Gasteiger partial charge on any atom is -0.370 e. The van der Waals surface area contributed by atoms with Crippen molar-refractivity contribution >= 4 is 24.4 Å². The van der Waals surface area contributed by atoms with Crippen LogP contribution in [0.1, 0.15) is 129 Å². The number of benzene rings is 2. The number of hydrogen-bond donors (Lipinski definition) is 1. The van der Waals surface area contributed by atoms with Crippen LogP contribution in [0.25, 0.3) is 0 Å². The lowest BCUT2D eigenvalue weighted by Gasteiger charge is -2.38. The van der Waals surface area contributed by atoms with E-state index in [0.29, 0.717) is 6.42 Å². The van der Waals surface area contributed by atoms with Crippen molar-refractivity contribution in [3.63, 3.8) is 0 Å². The zero-order valence-corrected chi connectivity index (χ0v) is 24.8. The summed E-state index contributed by atoms with van der Waals surface area (Å²) in [6.07, 6.45) is 23.5. The predicted molar refractivity (Wildman–Crippen MR) is 165 cm³/mol. The summed E-state index contributed by atoms with van der Waals surface area (Å²) in [6.45, 7) is 4.59. The van der Waals surface area contributed by atoms with Crippen molar-refractivity contribution in [3.8, 4) is 0 Å². The topological polar surface area (TPSA) is 43.1 Å². The van der Waals surface area contributed by atoms with E-state index in [9.17, 15) is 4.79 Å². The van der Waals surface area contributed by atoms with Crippen molar-refractivity contribution < 1.29 is 4.79 Å². The van der Waals surface area contributed by atoms with Gasteiger partial charge in [-0.15, -0.1) is 0 Å². The molecule has 2 nitrogen and oxygen atoms in total. The quantitative estimate of drug-likeness (QED) is 0.121. The van der Waals surface area contributed by atoms with E-state index in [0.717, 1.165) is 6.42 Å². The Morgan fingerprint density at radius 1 is 0.622 bits per heavy atom. The molecule has 0 radical (unpaired) electrons. The molecular weight excluding hydrogens is 469 g/mol. The van der Waals surface area contributed by atoms with Crippen LogP contribution in [0.4, 0.5) is 0 Å². The average molecular weight is 524 g/mol. The molecule has 0 spiro atoms. The molecule has 37 heavy (non-hydrogen) atoms. The molecule has 0 aromatic heterocycles. The third kappa shape index (κ3) is 13.1. The maximum atomic E-state index is 12.2. The lowest BCUT2D eigenvalue weighted by molar-refractivity contribution is -0.118. The minimum atomic E-state index is -0.673. The van der Waals surface area contributed by atoms with Gasteiger partial charge in [-0.25, -0.2) is 0 Å². The summed E-state index contributed by atoms with van der Waals surface area (Å²) in [6, 6.07) is 21.5. The Hall–Kier alpha value is -1.66. The second kappa shape index (κ2) is 19.4. The monoisotopic (exact) mass is 523 g/mol. The van der Waals surface area contributed by atoms with E-state index >= 15 is 0 Å². The number of primary amides is 1.